The predicted octanol–water partition coefficient (Wildman–Crippen LogP) is 2.70. The van der Waals surface area contributed by atoms with E-state index in [0.717, 1.165) is 15.6 Å². The summed E-state index contributed by atoms with van der Waals surface area (Å²) in [6.07, 6.45) is 1.52. The fourth-order valence-electron chi connectivity index (χ4n) is 1.69. The first kappa shape index (κ1) is 12.1. The number of nitrogen functional groups attached to an aromatic ring is 1. The quantitative estimate of drug-likeness (QED) is 0.914. The molecule has 1 aromatic carbocycles. The summed E-state index contributed by atoms with van der Waals surface area (Å²) in [6, 6.07) is 11.3. The van der Waals surface area contributed by atoms with Gasteiger partial charge in [0.25, 0.3) is 0 Å². The van der Waals surface area contributed by atoms with Crippen LogP contribution in [-0.4, -0.2) is 10.1 Å². The van der Waals surface area contributed by atoms with Crippen molar-refractivity contribution >= 4 is 21.7 Å². The normalized spacial score (nSPS) is 12.4. The lowest BCUT2D eigenvalue weighted by molar-refractivity contribution is 0.178. The van der Waals surface area contributed by atoms with Gasteiger partial charge in [-0.3, -0.25) is 0 Å². The summed E-state index contributed by atoms with van der Waals surface area (Å²) in [7, 11) is 0. The first-order chi connectivity index (χ1) is 8.18. The molecule has 88 valence electrons. The largest absolute Gasteiger partial charge is 0.388 e. The molecule has 0 saturated heterocycles. The standard InChI is InChI=1S/C13H13BrN2O/c14-11-6-2-1-5-10(11)12(17)8-9-4-3-7-16-13(9)15/h1-7,12,17H,8H2,(H2,15,16). The Bertz CT molecular complexity index is 516. The van der Waals surface area contributed by atoms with E-state index in [1.54, 1.807) is 6.20 Å². The molecule has 3 N–H and O–H groups in total. The fourth-order valence-corrected chi connectivity index (χ4v) is 2.24. The molecular formula is C13H13BrN2O. The topological polar surface area (TPSA) is 59.1 Å². The zero-order chi connectivity index (χ0) is 12.3. The minimum Gasteiger partial charge on any atom is -0.388 e. The Morgan fingerprint density at radius 1 is 1.24 bits per heavy atom. The Labute approximate surface area is 108 Å². The highest BCUT2D eigenvalue weighted by molar-refractivity contribution is 9.10. The molecule has 0 radical (unpaired) electrons. The summed E-state index contributed by atoms with van der Waals surface area (Å²) in [5.74, 6) is 0.471. The van der Waals surface area contributed by atoms with Gasteiger partial charge in [-0.25, -0.2) is 4.98 Å². The molecule has 2 aromatic rings. The van der Waals surface area contributed by atoms with Crippen LogP contribution >= 0.6 is 15.9 Å². The van der Waals surface area contributed by atoms with Crippen molar-refractivity contribution < 1.29 is 5.11 Å². The zero-order valence-electron chi connectivity index (χ0n) is 9.18. The van der Waals surface area contributed by atoms with E-state index in [1.165, 1.54) is 0 Å². The van der Waals surface area contributed by atoms with Crippen molar-refractivity contribution in [2.75, 3.05) is 5.73 Å². The van der Waals surface area contributed by atoms with Crippen LogP contribution in [0.5, 0.6) is 0 Å². The molecule has 0 fully saturated rings. The summed E-state index contributed by atoms with van der Waals surface area (Å²) >= 11 is 3.42. The molecule has 0 bridgehead atoms. The highest BCUT2D eigenvalue weighted by atomic mass is 79.9. The number of hydrogen-bond acceptors (Lipinski definition) is 3. The predicted molar refractivity (Wildman–Crippen MR) is 71.5 cm³/mol. The van der Waals surface area contributed by atoms with Gasteiger partial charge in [-0.1, -0.05) is 40.2 Å². The molecule has 0 aliphatic rings. The maximum absolute atomic E-state index is 10.2. The van der Waals surface area contributed by atoms with Gasteiger partial charge in [0.1, 0.15) is 5.82 Å². The molecule has 2 rings (SSSR count). The van der Waals surface area contributed by atoms with Gasteiger partial charge in [0, 0.05) is 17.1 Å². The highest BCUT2D eigenvalue weighted by Crippen LogP contribution is 2.26. The average molecular weight is 293 g/mol. The first-order valence-electron chi connectivity index (χ1n) is 5.30. The second-order valence-electron chi connectivity index (χ2n) is 3.79. The number of nitrogens with zero attached hydrogens (tertiary/aromatic N) is 1. The second kappa shape index (κ2) is 5.29. The van der Waals surface area contributed by atoms with Crippen LogP contribution in [0.15, 0.2) is 47.1 Å². The molecule has 3 nitrogen and oxygen atoms in total. The van der Waals surface area contributed by atoms with E-state index in [4.69, 9.17) is 5.73 Å². The van der Waals surface area contributed by atoms with E-state index in [0.29, 0.717) is 12.2 Å². The second-order valence-corrected chi connectivity index (χ2v) is 4.64. The smallest absolute Gasteiger partial charge is 0.126 e. The molecule has 0 aliphatic heterocycles. The monoisotopic (exact) mass is 292 g/mol. The highest BCUT2D eigenvalue weighted by Gasteiger charge is 2.13. The Morgan fingerprint density at radius 3 is 2.71 bits per heavy atom. The van der Waals surface area contributed by atoms with Crippen LogP contribution < -0.4 is 5.73 Å². The lowest BCUT2D eigenvalue weighted by Gasteiger charge is -2.13. The van der Waals surface area contributed by atoms with E-state index in [-0.39, 0.29) is 0 Å². The van der Waals surface area contributed by atoms with Crippen molar-refractivity contribution in [3.63, 3.8) is 0 Å². The third-order valence-corrected chi connectivity index (χ3v) is 3.33. The molecule has 0 aliphatic carbocycles. The summed E-state index contributed by atoms with van der Waals surface area (Å²) < 4.78 is 0.898. The van der Waals surface area contributed by atoms with E-state index in [1.807, 2.05) is 36.4 Å². The van der Waals surface area contributed by atoms with Crippen LogP contribution in [0.4, 0.5) is 5.82 Å². The van der Waals surface area contributed by atoms with Crippen LogP contribution in [0.1, 0.15) is 17.2 Å². The Morgan fingerprint density at radius 2 is 2.00 bits per heavy atom. The van der Waals surface area contributed by atoms with Crippen molar-refractivity contribution in [1.82, 2.24) is 4.98 Å². The lowest BCUT2D eigenvalue weighted by Crippen LogP contribution is -2.05. The van der Waals surface area contributed by atoms with Crippen LogP contribution in [0.25, 0.3) is 0 Å². The SMILES string of the molecule is Nc1ncccc1CC(O)c1ccccc1Br. The van der Waals surface area contributed by atoms with Crippen LogP contribution in [0.3, 0.4) is 0 Å². The van der Waals surface area contributed by atoms with Gasteiger partial charge in [-0.05, 0) is 23.3 Å². The van der Waals surface area contributed by atoms with Crippen molar-refractivity contribution in [3.05, 3.63) is 58.2 Å². The minimum atomic E-state index is -0.586. The number of pyridine rings is 1. The van der Waals surface area contributed by atoms with E-state index >= 15 is 0 Å². The molecule has 4 heteroatoms. The summed E-state index contributed by atoms with van der Waals surface area (Å²) in [5, 5.41) is 10.2. The molecule has 0 spiro atoms. The van der Waals surface area contributed by atoms with E-state index in [2.05, 4.69) is 20.9 Å². The van der Waals surface area contributed by atoms with Crippen LogP contribution in [0.2, 0.25) is 0 Å². The number of aliphatic hydroxyl groups is 1. The molecule has 0 saturated carbocycles. The van der Waals surface area contributed by atoms with Gasteiger partial charge < -0.3 is 10.8 Å². The van der Waals surface area contributed by atoms with Gasteiger partial charge in [0.15, 0.2) is 0 Å². The zero-order valence-corrected chi connectivity index (χ0v) is 10.8. The summed E-state index contributed by atoms with van der Waals surface area (Å²) in [5.41, 5.74) is 7.47. The Kier molecular flexibility index (Phi) is 3.76. The van der Waals surface area contributed by atoms with Gasteiger partial charge in [-0.2, -0.15) is 0 Å². The molecular weight excluding hydrogens is 280 g/mol. The van der Waals surface area contributed by atoms with E-state index in [9.17, 15) is 5.11 Å². The summed E-state index contributed by atoms with van der Waals surface area (Å²) in [4.78, 5) is 4.00. The van der Waals surface area contributed by atoms with Crippen molar-refractivity contribution in [1.29, 1.82) is 0 Å². The third kappa shape index (κ3) is 2.84. The third-order valence-electron chi connectivity index (χ3n) is 2.60. The maximum Gasteiger partial charge on any atom is 0.126 e. The fraction of sp³-hybridized carbons (Fsp3) is 0.154. The average Bonchev–Trinajstić information content (AvgIpc) is 2.32. The molecule has 1 heterocycles. The molecule has 0 amide bonds. The number of benzene rings is 1. The minimum absolute atomic E-state index is 0.461. The summed E-state index contributed by atoms with van der Waals surface area (Å²) in [6.45, 7) is 0. The molecule has 1 atom stereocenters. The number of halogens is 1. The molecule has 17 heavy (non-hydrogen) atoms. The van der Waals surface area contributed by atoms with Gasteiger partial charge >= 0.3 is 0 Å². The number of anilines is 1. The Balaban J connectivity index is 2.20. The van der Waals surface area contributed by atoms with Gasteiger partial charge in [0.05, 0.1) is 6.10 Å². The van der Waals surface area contributed by atoms with Crippen LogP contribution in [0, 0.1) is 0 Å². The number of nitrogens with two attached hydrogens (primary N) is 1. The number of hydrogen-bond donors (Lipinski definition) is 2. The number of aromatic nitrogens is 1. The van der Waals surface area contributed by atoms with Crippen LogP contribution in [-0.2, 0) is 6.42 Å². The molecule has 1 unspecified atom stereocenters. The van der Waals surface area contributed by atoms with Crippen molar-refractivity contribution in [2.24, 2.45) is 0 Å². The van der Waals surface area contributed by atoms with Crippen molar-refractivity contribution in [2.45, 2.75) is 12.5 Å². The molecule has 1 aromatic heterocycles. The lowest BCUT2D eigenvalue weighted by atomic mass is 10.0. The van der Waals surface area contributed by atoms with Gasteiger partial charge in [-0.15, -0.1) is 0 Å². The van der Waals surface area contributed by atoms with Gasteiger partial charge in [0.2, 0.25) is 0 Å². The first-order valence-corrected chi connectivity index (χ1v) is 6.09. The Hall–Kier alpha value is -1.39. The van der Waals surface area contributed by atoms with E-state index < -0.39 is 6.10 Å². The maximum atomic E-state index is 10.2. The number of rotatable bonds is 3. The van der Waals surface area contributed by atoms with Crippen molar-refractivity contribution in [3.8, 4) is 0 Å². The number of aliphatic hydroxyl groups excluding tert-OH is 1.